The quantitative estimate of drug-likeness (QED) is 0.730. The highest BCUT2D eigenvalue weighted by Gasteiger charge is 2.24. The van der Waals surface area contributed by atoms with Crippen molar-refractivity contribution in [3.05, 3.63) is 53.6 Å². The lowest BCUT2D eigenvalue weighted by atomic mass is 9.83. The number of aromatic nitrogens is 4. The van der Waals surface area contributed by atoms with E-state index in [1.165, 1.54) is 11.1 Å². The van der Waals surface area contributed by atoms with E-state index in [1.807, 2.05) is 10.6 Å². The van der Waals surface area contributed by atoms with E-state index >= 15 is 0 Å². The smallest absolute Gasteiger partial charge is 0.203 e. The van der Waals surface area contributed by atoms with Crippen LogP contribution in [0.2, 0.25) is 0 Å². The second kappa shape index (κ2) is 4.30. The molecule has 3 aromatic rings. The van der Waals surface area contributed by atoms with Gasteiger partial charge in [0.15, 0.2) is 5.82 Å². The van der Waals surface area contributed by atoms with E-state index < -0.39 is 0 Å². The van der Waals surface area contributed by atoms with Crippen LogP contribution in [-0.4, -0.2) is 19.6 Å². The molecule has 5 heteroatoms. The topological polar surface area (TPSA) is 69.1 Å². The van der Waals surface area contributed by atoms with Crippen LogP contribution in [0.4, 0.5) is 5.82 Å². The molecule has 4 rings (SSSR count). The molecule has 0 saturated heterocycles. The van der Waals surface area contributed by atoms with Crippen LogP contribution in [-0.2, 0) is 12.8 Å². The second-order valence-electron chi connectivity index (χ2n) is 5.27. The lowest BCUT2D eigenvalue weighted by molar-refractivity contribution is 0.550. The van der Waals surface area contributed by atoms with Gasteiger partial charge in [0, 0.05) is 18.3 Å². The number of benzene rings is 1. The SMILES string of the molecule is Nc1nccn2c(C3CCc4ccccc4C3)nnc12. The van der Waals surface area contributed by atoms with Crippen molar-refractivity contribution < 1.29 is 0 Å². The van der Waals surface area contributed by atoms with Gasteiger partial charge in [-0.2, -0.15) is 0 Å². The monoisotopic (exact) mass is 265 g/mol. The Balaban J connectivity index is 1.76. The van der Waals surface area contributed by atoms with Gasteiger partial charge in [-0.15, -0.1) is 10.2 Å². The molecule has 1 aliphatic carbocycles. The number of nitrogen functional groups attached to an aromatic ring is 1. The van der Waals surface area contributed by atoms with Gasteiger partial charge in [-0.25, -0.2) is 4.98 Å². The first-order valence-corrected chi connectivity index (χ1v) is 6.85. The van der Waals surface area contributed by atoms with Gasteiger partial charge in [-0.3, -0.25) is 4.40 Å². The van der Waals surface area contributed by atoms with Crippen molar-refractivity contribution in [2.45, 2.75) is 25.2 Å². The van der Waals surface area contributed by atoms with E-state index in [1.54, 1.807) is 6.20 Å². The summed E-state index contributed by atoms with van der Waals surface area (Å²) in [6, 6.07) is 8.64. The van der Waals surface area contributed by atoms with Crippen LogP contribution in [0.15, 0.2) is 36.7 Å². The van der Waals surface area contributed by atoms with Gasteiger partial charge in [-0.05, 0) is 30.4 Å². The first-order valence-electron chi connectivity index (χ1n) is 6.85. The minimum Gasteiger partial charge on any atom is -0.381 e. The molecule has 5 nitrogen and oxygen atoms in total. The Morgan fingerprint density at radius 1 is 1.15 bits per heavy atom. The maximum absolute atomic E-state index is 5.84. The Hall–Kier alpha value is -2.43. The number of rotatable bonds is 1. The minimum atomic E-state index is 0.390. The van der Waals surface area contributed by atoms with Crippen LogP contribution in [0.25, 0.3) is 5.65 Å². The Kier molecular flexibility index (Phi) is 2.45. The zero-order valence-corrected chi connectivity index (χ0v) is 11.0. The molecule has 1 aliphatic rings. The molecule has 2 N–H and O–H groups in total. The number of hydrogen-bond acceptors (Lipinski definition) is 4. The third kappa shape index (κ3) is 1.66. The summed E-state index contributed by atoms with van der Waals surface area (Å²) in [7, 11) is 0. The summed E-state index contributed by atoms with van der Waals surface area (Å²) in [4.78, 5) is 4.06. The Morgan fingerprint density at radius 3 is 2.90 bits per heavy atom. The maximum atomic E-state index is 5.84. The third-order valence-electron chi connectivity index (χ3n) is 4.09. The van der Waals surface area contributed by atoms with Crippen molar-refractivity contribution in [2.75, 3.05) is 5.73 Å². The Labute approximate surface area is 116 Å². The molecule has 0 amide bonds. The molecule has 2 heterocycles. The summed E-state index contributed by atoms with van der Waals surface area (Å²) in [5, 5.41) is 8.52. The molecule has 1 unspecified atom stereocenters. The third-order valence-corrected chi connectivity index (χ3v) is 4.09. The van der Waals surface area contributed by atoms with Crippen LogP contribution in [0, 0.1) is 0 Å². The molecule has 0 radical (unpaired) electrons. The molecule has 0 aliphatic heterocycles. The summed E-state index contributed by atoms with van der Waals surface area (Å²) in [5.41, 5.74) is 9.37. The molecule has 1 atom stereocenters. The van der Waals surface area contributed by atoms with Crippen LogP contribution in [0.1, 0.15) is 29.3 Å². The summed E-state index contributed by atoms with van der Waals surface area (Å²) in [6.45, 7) is 0. The molecule has 20 heavy (non-hydrogen) atoms. The number of anilines is 1. The van der Waals surface area contributed by atoms with Crippen molar-refractivity contribution in [2.24, 2.45) is 0 Å². The average Bonchev–Trinajstić information content (AvgIpc) is 2.92. The van der Waals surface area contributed by atoms with Crippen LogP contribution in [0.5, 0.6) is 0 Å². The first-order chi connectivity index (χ1) is 9.83. The fraction of sp³-hybridized carbons (Fsp3) is 0.267. The molecule has 0 spiro atoms. The van der Waals surface area contributed by atoms with Gasteiger partial charge in [0.25, 0.3) is 0 Å². The fourth-order valence-electron chi connectivity index (χ4n) is 3.06. The van der Waals surface area contributed by atoms with E-state index in [4.69, 9.17) is 5.73 Å². The van der Waals surface area contributed by atoms with Gasteiger partial charge in [-0.1, -0.05) is 24.3 Å². The van der Waals surface area contributed by atoms with Gasteiger partial charge in [0.2, 0.25) is 5.65 Å². The summed E-state index contributed by atoms with van der Waals surface area (Å²) in [5.74, 6) is 1.81. The van der Waals surface area contributed by atoms with Crippen molar-refractivity contribution in [1.82, 2.24) is 19.6 Å². The number of fused-ring (bicyclic) bond motifs is 2. The molecule has 100 valence electrons. The summed E-state index contributed by atoms with van der Waals surface area (Å²) in [6.07, 6.45) is 6.79. The minimum absolute atomic E-state index is 0.390. The van der Waals surface area contributed by atoms with Gasteiger partial charge < -0.3 is 5.73 Å². The molecule has 1 aromatic carbocycles. The highest BCUT2D eigenvalue weighted by Crippen LogP contribution is 2.32. The van der Waals surface area contributed by atoms with Gasteiger partial charge in [0.05, 0.1) is 0 Å². The highest BCUT2D eigenvalue weighted by molar-refractivity contribution is 5.58. The molecule has 0 saturated carbocycles. The molecule has 0 bridgehead atoms. The van der Waals surface area contributed by atoms with Crippen molar-refractivity contribution in [1.29, 1.82) is 0 Å². The number of hydrogen-bond donors (Lipinski definition) is 1. The zero-order valence-electron chi connectivity index (χ0n) is 11.0. The van der Waals surface area contributed by atoms with E-state index in [-0.39, 0.29) is 0 Å². The van der Waals surface area contributed by atoms with E-state index in [2.05, 4.69) is 39.4 Å². The highest BCUT2D eigenvalue weighted by atomic mass is 15.3. The predicted molar refractivity (Wildman–Crippen MR) is 76.4 cm³/mol. The van der Waals surface area contributed by atoms with E-state index in [9.17, 15) is 0 Å². The lowest BCUT2D eigenvalue weighted by Gasteiger charge is -2.23. The fourth-order valence-corrected chi connectivity index (χ4v) is 3.06. The molecular formula is C15H15N5. The predicted octanol–water partition coefficient (Wildman–Crippen LogP) is 1.98. The normalized spacial score (nSPS) is 18.1. The van der Waals surface area contributed by atoms with Crippen molar-refractivity contribution in [3.63, 3.8) is 0 Å². The summed E-state index contributed by atoms with van der Waals surface area (Å²) >= 11 is 0. The van der Waals surface area contributed by atoms with E-state index in [0.29, 0.717) is 17.4 Å². The van der Waals surface area contributed by atoms with Crippen molar-refractivity contribution >= 4 is 11.5 Å². The summed E-state index contributed by atoms with van der Waals surface area (Å²) < 4.78 is 1.97. The largest absolute Gasteiger partial charge is 0.381 e. The Morgan fingerprint density at radius 2 is 2.00 bits per heavy atom. The standard InChI is InChI=1S/C15H15N5/c16-13-15-19-18-14(20(15)8-7-17-13)12-6-5-10-3-1-2-4-11(10)9-12/h1-4,7-8,12H,5-6,9H2,(H2,16,17). The first kappa shape index (κ1) is 11.4. The maximum Gasteiger partial charge on any atom is 0.203 e. The van der Waals surface area contributed by atoms with Crippen LogP contribution < -0.4 is 5.73 Å². The molecule has 2 aromatic heterocycles. The number of nitrogens with zero attached hydrogens (tertiary/aromatic N) is 4. The molecule has 0 fully saturated rings. The van der Waals surface area contributed by atoms with E-state index in [0.717, 1.165) is 25.1 Å². The van der Waals surface area contributed by atoms with Crippen molar-refractivity contribution in [3.8, 4) is 0 Å². The molecular weight excluding hydrogens is 250 g/mol. The number of nitrogens with two attached hydrogens (primary N) is 1. The zero-order chi connectivity index (χ0) is 13.5. The van der Waals surface area contributed by atoms with Gasteiger partial charge >= 0.3 is 0 Å². The Bertz CT molecular complexity index is 777. The van der Waals surface area contributed by atoms with Crippen LogP contribution in [0.3, 0.4) is 0 Å². The van der Waals surface area contributed by atoms with Crippen LogP contribution >= 0.6 is 0 Å². The van der Waals surface area contributed by atoms with Gasteiger partial charge in [0.1, 0.15) is 5.82 Å². The average molecular weight is 265 g/mol. The second-order valence-corrected chi connectivity index (χ2v) is 5.27. The lowest BCUT2D eigenvalue weighted by Crippen LogP contribution is -2.15. The number of aryl methyl sites for hydroxylation is 1.